The van der Waals surface area contributed by atoms with Gasteiger partial charge >= 0.3 is 0 Å². The van der Waals surface area contributed by atoms with Crippen molar-refractivity contribution in [2.45, 2.75) is 13.0 Å². The van der Waals surface area contributed by atoms with Crippen LogP contribution in [0, 0.1) is 0 Å². The van der Waals surface area contributed by atoms with Crippen LogP contribution in [0.25, 0.3) is 22.5 Å². The van der Waals surface area contributed by atoms with E-state index < -0.39 is 5.91 Å². The summed E-state index contributed by atoms with van der Waals surface area (Å²) in [4.78, 5) is 30.9. The number of nitrogens with one attached hydrogen (secondary N) is 1. The average molecular weight is 474 g/mol. The molecule has 0 aliphatic carbocycles. The highest BCUT2D eigenvalue weighted by Crippen LogP contribution is 2.29. The lowest BCUT2D eigenvalue weighted by atomic mass is 10.1. The van der Waals surface area contributed by atoms with Crippen molar-refractivity contribution < 1.29 is 14.7 Å². The second-order valence-electron chi connectivity index (χ2n) is 8.00. The van der Waals surface area contributed by atoms with E-state index in [1.165, 1.54) is 0 Å². The largest absolute Gasteiger partial charge is 0.396 e. The van der Waals surface area contributed by atoms with Crippen molar-refractivity contribution in [2.24, 2.45) is 10.7 Å². The van der Waals surface area contributed by atoms with Gasteiger partial charge in [0.25, 0.3) is 11.8 Å². The lowest BCUT2D eigenvalue weighted by molar-refractivity contribution is -0.118. The Morgan fingerprint density at radius 2 is 1.69 bits per heavy atom. The molecule has 3 rings (SSSR count). The van der Waals surface area contributed by atoms with Crippen LogP contribution >= 0.6 is 0 Å². The minimum atomic E-state index is -0.411. The Bertz CT molecular complexity index is 1180. The van der Waals surface area contributed by atoms with Crippen LogP contribution in [0.3, 0.4) is 0 Å². The zero-order valence-electron chi connectivity index (χ0n) is 19.9. The highest BCUT2D eigenvalue weighted by molar-refractivity contribution is 5.95. The van der Waals surface area contributed by atoms with Crippen molar-refractivity contribution in [3.63, 3.8) is 0 Å². The summed E-state index contributed by atoms with van der Waals surface area (Å²) in [5, 5.41) is 11.7. The van der Waals surface area contributed by atoms with Gasteiger partial charge < -0.3 is 25.6 Å². The first-order valence-corrected chi connectivity index (χ1v) is 11.4. The van der Waals surface area contributed by atoms with Crippen LogP contribution in [0.15, 0.2) is 84.4 Å². The number of aliphatic hydroxyl groups is 1. The topological polar surface area (TPSA) is 113 Å². The highest BCUT2D eigenvalue weighted by atomic mass is 16.3. The molecule has 0 atom stereocenters. The molecule has 0 aliphatic rings. The monoisotopic (exact) mass is 473 g/mol. The molecule has 1 aromatic heterocycles. The molecule has 8 heteroatoms. The SMILES string of the molecule is C=CCN(C)C(=O)c1ccc(-c2ccc(-c3ccccc3)n2CC(=O)/N=C(\N)NCCCO)cc1. The predicted octanol–water partition coefficient (Wildman–Crippen LogP) is 2.89. The number of aromatic nitrogens is 1. The number of guanidine groups is 1. The number of hydrogen-bond acceptors (Lipinski definition) is 3. The Kier molecular flexibility index (Phi) is 8.97. The van der Waals surface area contributed by atoms with E-state index in [4.69, 9.17) is 10.8 Å². The number of carbonyl (C=O) groups is 2. The van der Waals surface area contributed by atoms with Gasteiger partial charge in [-0.25, -0.2) is 0 Å². The van der Waals surface area contributed by atoms with Crippen molar-refractivity contribution in [2.75, 3.05) is 26.7 Å². The second-order valence-corrected chi connectivity index (χ2v) is 8.00. The lowest BCUT2D eigenvalue weighted by Gasteiger charge is -2.16. The summed E-state index contributed by atoms with van der Waals surface area (Å²) < 4.78 is 1.89. The maximum atomic E-state index is 12.8. The number of nitrogens with zero attached hydrogens (tertiary/aromatic N) is 3. The van der Waals surface area contributed by atoms with E-state index in [-0.39, 0.29) is 25.0 Å². The molecule has 182 valence electrons. The molecule has 1 heterocycles. The van der Waals surface area contributed by atoms with Crippen molar-refractivity contribution >= 4 is 17.8 Å². The third kappa shape index (κ3) is 6.68. The van der Waals surface area contributed by atoms with Gasteiger partial charge in [-0.15, -0.1) is 6.58 Å². The predicted molar refractivity (Wildman–Crippen MR) is 139 cm³/mol. The number of benzene rings is 2. The minimum absolute atomic E-state index is 0.0162. The summed E-state index contributed by atoms with van der Waals surface area (Å²) in [6.07, 6.45) is 2.19. The van der Waals surface area contributed by atoms with Gasteiger partial charge in [0.05, 0.1) is 0 Å². The maximum absolute atomic E-state index is 12.8. The Morgan fingerprint density at radius 1 is 1.06 bits per heavy atom. The number of amides is 2. The van der Waals surface area contributed by atoms with E-state index >= 15 is 0 Å². The zero-order chi connectivity index (χ0) is 25.2. The summed E-state index contributed by atoms with van der Waals surface area (Å²) >= 11 is 0. The van der Waals surface area contributed by atoms with Gasteiger partial charge in [0, 0.05) is 43.7 Å². The number of aliphatic hydroxyl groups excluding tert-OH is 1. The third-order valence-corrected chi connectivity index (χ3v) is 5.41. The van der Waals surface area contributed by atoms with Crippen LogP contribution < -0.4 is 11.1 Å². The Balaban J connectivity index is 1.92. The first-order chi connectivity index (χ1) is 16.9. The number of rotatable bonds is 10. The van der Waals surface area contributed by atoms with E-state index in [1.807, 2.05) is 59.2 Å². The van der Waals surface area contributed by atoms with E-state index in [9.17, 15) is 9.59 Å². The smallest absolute Gasteiger partial charge is 0.268 e. The Morgan fingerprint density at radius 3 is 2.29 bits per heavy atom. The van der Waals surface area contributed by atoms with Crippen LogP contribution in [-0.2, 0) is 11.3 Å². The Labute approximate surface area is 205 Å². The van der Waals surface area contributed by atoms with Gasteiger partial charge in [-0.1, -0.05) is 48.5 Å². The number of likely N-dealkylation sites (N-methyl/N-ethyl adjacent to an activating group) is 1. The van der Waals surface area contributed by atoms with Gasteiger partial charge in [-0.3, -0.25) is 9.59 Å². The molecule has 8 nitrogen and oxygen atoms in total. The van der Waals surface area contributed by atoms with Crippen molar-refractivity contribution in [3.8, 4) is 22.5 Å². The number of nitrogens with two attached hydrogens (primary N) is 1. The molecule has 35 heavy (non-hydrogen) atoms. The van der Waals surface area contributed by atoms with Gasteiger partial charge in [-0.05, 0) is 41.8 Å². The molecule has 0 bridgehead atoms. The summed E-state index contributed by atoms with van der Waals surface area (Å²) in [5.41, 5.74) is 9.89. The first kappa shape index (κ1) is 25.5. The normalized spacial score (nSPS) is 11.2. The van der Waals surface area contributed by atoms with Crippen molar-refractivity contribution in [1.29, 1.82) is 0 Å². The van der Waals surface area contributed by atoms with Crippen LogP contribution in [0.2, 0.25) is 0 Å². The van der Waals surface area contributed by atoms with Crippen LogP contribution in [0.4, 0.5) is 0 Å². The molecule has 2 aromatic carbocycles. The highest BCUT2D eigenvalue weighted by Gasteiger charge is 2.16. The van der Waals surface area contributed by atoms with Crippen LogP contribution in [-0.4, -0.2) is 59.1 Å². The molecule has 0 aliphatic heterocycles. The summed E-state index contributed by atoms with van der Waals surface area (Å²) in [5.74, 6) is -0.484. The zero-order valence-corrected chi connectivity index (χ0v) is 19.9. The molecule has 3 aromatic rings. The molecule has 0 saturated heterocycles. The fourth-order valence-corrected chi connectivity index (χ4v) is 3.67. The Hall–Kier alpha value is -4.17. The molecule has 0 unspecified atom stereocenters. The van der Waals surface area contributed by atoms with Crippen LogP contribution in [0.1, 0.15) is 16.8 Å². The number of aliphatic imine (C=N–C) groups is 1. The summed E-state index contributed by atoms with van der Waals surface area (Å²) in [7, 11) is 1.73. The number of carbonyl (C=O) groups excluding carboxylic acids is 2. The number of hydrogen-bond donors (Lipinski definition) is 3. The lowest BCUT2D eigenvalue weighted by Crippen LogP contribution is -2.34. The van der Waals surface area contributed by atoms with Crippen molar-refractivity contribution in [1.82, 2.24) is 14.8 Å². The van der Waals surface area contributed by atoms with Crippen LogP contribution in [0.5, 0.6) is 0 Å². The third-order valence-electron chi connectivity index (χ3n) is 5.41. The molecule has 0 spiro atoms. The molecule has 0 fully saturated rings. The molecule has 0 radical (unpaired) electrons. The van der Waals surface area contributed by atoms with E-state index in [2.05, 4.69) is 16.9 Å². The van der Waals surface area contributed by atoms with Crippen molar-refractivity contribution in [3.05, 3.63) is 84.9 Å². The molecule has 4 N–H and O–H groups in total. The van der Waals surface area contributed by atoms with Gasteiger partial charge in [0.15, 0.2) is 5.96 Å². The average Bonchev–Trinajstić information content (AvgIpc) is 3.27. The first-order valence-electron chi connectivity index (χ1n) is 11.4. The minimum Gasteiger partial charge on any atom is -0.396 e. The maximum Gasteiger partial charge on any atom is 0.268 e. The summed E-state index contributed by atoms with van der Waals surface area (Å²) in [6.45, 7) is 4.57. The van der Waals surface area contributed by atoms with E-state index in [1.54, 1.807) is 30.2 Å². The molecular weight excluding hydrogens is 442 g/mol. The fraction of sp³-hybridized carbons (Fsp3) is 0.222. The van der Waals surface area contributed by atoms with E-state index in [0.29, 0.717) is 25.1 Å². The van der Waals surface area contributed by atoms with Gasteiger partial charge in [-0.2, -0.15) is 4.99 Å². The van der Waals surface area contributed by atoms with Gasteiger partial charge in [0.1, 0.15) is 6.54 Å². The summed E-state index contributed by atoms with van der Waals surface area (Å²) in [6, 6.07) is 21.0. The molecular formula is C27H31N5O3. The molecule has 0 saturated carbocycles. The fourth-order valence-electron chi connectivity index (χ4n) is 3.67. The quantitative estimate of drug-likeness (QED) is 0.181. The van der Waals surface area contributed by atoms with E-state index in [0.717, 1.165) is 22.5 Å². The molecule has 2 amide bonds. The standard InChI is InChI=1S/C27H31N5O3/c1-3-17-31(2)26(35)22-12-10-21(11-13-22)24-15-14-23(20-8-5-4-6-9-20)32(24)19-25(34)30-27(28)29-16-7-18-33/h3-6,8-15,33H,1,7,16-19H2,2H3,(H3,28,29,30,34). The second kappa shape index (κ2) is 12.3. The van der Waals surface area contributed by atoms with Gasteiger partial charge in [0.2, 0.25) is 0 Å².